The highest BCUT2D eigenvalue weighted by atomic mass is 19.4. The number of fused-ring (bicyclic) bond motifs is 1. The molecule has 0 saturated carbocycles. The second-order valence-corrected chi connectivity index (χ2v) is 9.57. The number of aryl methyl sites for hydroxylation is 1. The van der Waals surface area contributed by atoms with Crippen molar-refractivity contribution in [3.05, 3.63) is 71.4 Å². The Morgan fingerprint density at radius 1 is 1.08 bits per heavy atom. The molecule has 2 heterocycles. The zero-order valence-corrected chi connectivity index (χ0v) is 20.6. The molecular weight excluding hydrogens is 471 g/mol. The number of methoxy groups -OCH3 is 1. The van der Waals surface area contributed by atoms with Crippen molar-refractivity contribution in [3.8, 4) is 28.1 Å². The summed E-state index contributed by atoms with van der Waals surface area (Å²) in [6.45, 7) is 5.61. The van der Waals surface area contributed by atoms with Crippen LogP contribution in [0.3, 0.4) is 0 Å². The van der Waals surface area contributed by atoms with E-state index in [2.05, 4.69) is 4.98 Å². The molecule has 0 spiro atoms. The maximum absolute atomic E-state index is 14.5. The number of benzene rings is 2. The van der Waals surface area contributed by atoms with E-state index in [0.29, 0.717) is 29.2 Å². The summed E-state index contributed by atoms with van der Waals surface area (Å²) < 4.78 is 60.0. The highest BCUT2D eigenvalue weighted by molar-refractivity contribution is 5.90. The first-order valence-electron chi connectivity index (χ1n) is 11.7. The van der Waals surface area contributed by atoms with Gasteiger partial charge in [-0.3, -0.25) is 4.98 Å². The molecule has 190 valence electrons. The van der Waals surface area contributed by atoms with Crippen LogP contribution in [0.4, 0.5) is 13.2 Å². The van der Waals surface area contributed by atoms with Crippen LogP contribution in [0.1, 0.15) is 50.0 Å². The molecule has 0 amide bonds. The zero-order valence-electron chi connectivity index (χ0n) is 20.6. The van der Waals surface area contributed by atoms with Crippen molar-refractivity contribution in [2.24, 2.45) is 0 Å². The van der Waals surface area contributed by atoms with Gasteiger partial charge in [-0.1, -0.05) is 18.2 Å². The fraction of sp³-hybridized carbons (Fsp3) is 0.357. The van der Waals surface area contributed by atoms with E-state index in [1.54, 1.807) is 57.3 Å². The van der Waals surface area contributed by atoms with Crippen LogP contribution in [-0.2, 0) is 26.9 Å². The number of nitrogens with zero attached hydrogens (tertiary/aromatic N) is 1. The number of halogens is 3. The molecule has 0 saturated heterocycles. The SMILES string of the molecule is COC(=O)C(OC(C)(C)C)c1c(C(F)(F)F)ccc(-c2ccccn2)c1-c1ccc2c(c1)CCCO2. The minimum Gasteiger partial charge on any atom is -0.493 e. The standard InChI is InChI=1S/C28H28F3NO4/c1-27(2,3)36-25(26(33)34-4)24-20(28(29,30)31)12-11-19(21-9-5-6-14-32-21)23(24)18-10-13-22-17(16-18)8-7-15-35-22/h5-6,9-14,16,25H,7-8,15H2,1-4H3. The van der Waals surface area contributed by atoms with E-state index in [1.165, 1.54) is 6.07 Å². The highest BCUT2D eigenvalue weighted by Gasteiger charge is 2.42. The molecule has 4 rings (SSSR count). The fourth-order valence-electron chi connectivity index (χ4n) is 4.39. The summed E-state index contributed by atoms with van der Waals surface area (Å²) in [5, 5.41) is 0. The molecule has 1 atom stereocenters. The van der Waals surface area contributed by atoms with Crippen molar-refractivity contribution in [2.75, 3.05) is 13.7 Å². The molecule has 3 aromatic rings. The second kappa shape index (κ2) is 9.93. The van der Waals surface area contributed by atoms with Crippen LogP contribution in [0.25, 0.3) is 22.4 Å². The van der Waals surface area contributed by atoms with Crippen molar-refractivity contribution in [2.45, 2.75) is 51.5 Å². The average Bonchev–Trinajstić information content (AvgIpc) is 2.85. The minimum absolute atomic E-state index is 0.219. The predicted octanol–water partition coefficient (Wildman–Crippen LogP) is 6.79. The molecule has 0 radical (unpaired) electrons. The van der Waals surface area contributed by atoms with Gasteiger partial charge in [-0.15, -0.1) is 0 Å². The third-order valence-electron chi connectivity index (χ3n) is 5.84. The predicted molar refractivity (Wildman–Crippen MR) is 130 cm³/mol. The number of esters is 1. The molecule has 36 heavy (non-hydrogen) atoms. The van der Waals surface area contributed by atoms with E-state index in [1.807, 2.05) is 6.07 Å². The summed E-state index contributed by atoms with van der Waals surface area (Å²) >= 11 is 0. The van der Waals surface area contributed by atoms with Crippen molar-refractivity contribution < 1.29 is 32.2 Å². The Hall–Kier alpha value is -3.39. The normalized spacial score (nSPS) is 14.5. The molecular formula is C28H28F3NO4. The van der Waals surface area contributed by atoms with Gasteiger partial charge in [-0.05, 0) is 80.6 Å². The van der Waals surface area contributed by atoms with Crippen LogP contribution in [0.15, 0.2) is 54.7 Å². The van der Waals surface area contributed by atoms with Crippen LogP contribution < -0.4 is 4.74 Å². The highest BCUT2D eigenvalue weighted by Crippen LogP contribution is 2.47. The van der Waals surface area contributed by atoms with Crippen molar-refractivity contribution in [3.63, 3.8) is 0 Å². The molecule has 0 aliphatic carbocycles. The molecule has 2 aromatic carbocycles. The Bertz CT molecular complexity index is 1250. The van der Waals surface area contributed by atoms with E-state index in [4.69, 9.17) is 14.2 Å². The van der Waals surface area contributed by atoms with Gasteiger partial charge < -0.3 is 14.2 Å². The lowest BCUT2D eigenvalue weighted by molar-refractivity contribution is -0.166. The largest absolute Gasteiger partial charge is 0.493 e. The van der Waals surface area contributed by atoms with Crippen molar-refractivity contribution >= 4 is 5.97 Å². The topological polar surface area (TPSA) is 57.7 Å². The number of pyridine rings is 1. The molecule has 0 N–H and O–H groups in total. The number of carbonyl (C=O) groups excluding carboxylic acids is 1. The summed E-state index contributed by atoms with van der Waals surface area (Å²) in [7, 11) is 1.13. The van der Waals surface area contributed by atoms with Crippen LogP contribution in [0.2, 0.25) is 0 Å². The quantitative estimate of drug-likeness (QED) is 0.362. The number of rotatable bonds is 5. The van der Waals surface area contributed by atoms with Crippen molar-refractivity contribution in [1.82, 2.24) is 4.98 Å². The fourth-order valence-corrected chi connectivity index (χ4v) is 4.39. The molecule has 5 nitrogen and oxygen atoms in total. The zero-order chi connectivity index (χ0) is 26.1. The lowest BCUT2D eigenvalue weighted by Gasteiger charge is -2.30. The molecule has 0 bridgehead atoms. The number of ether oxygens (including phenoxy) is 3. The van der Waals surface area contributed by atoms with Gasteiger partial charge in [-0.2, -0.15) is 13.2 Å². The van der Waals surface area contributed by atoms with Crippen molar-refractivity contribution in [1.29, 1.82) is 0 Å². The Morgan fingerprint density at radius 2 is 1.86 bits per heavy atom. The van der Waals surface area contributed by atoms with E-state index in [0.717, 1.165) is 31.6 Å². The van der Waals surface area contributed by atoms with E-state index in [-0.39, 0.29) is 11.1 Å². The van der Waals surface area contributed by atoms with Gasteiger partial charge in [0, 0.05) is 17.3 Å². The molecule has 1 unspecified atom stereocenters. The van der Waals surface area contributed by atoms with Gasteiger partial charge in [0.05, 0.1) is 30.6 Å². The average molecular weight is 500 g/mol. The van der Waals surface area contributed by atoms with Crippen LogP contribution >= 0.6 is 0 Å². The van der Waals surface area contributed by atoms with E-state index in [9.17, 15) is 18.0 Å². The summed E-state index contributed by atoms with van der Waals surface area (Å²) in [5.74, 6) is -0.218. The van der Waals surface area contributed by atoms with E-state index >= 15 is 0 Å². The van der Waals surface area contributed by atoms with Gasteiger partial charge in [0.25, 0.3) is 0 Å². The van der Waals surface area contributed by atoms with Gasteiger partial charge in [0.2, 0.25) is 0 Å². The van der Waals surface area contributed by atoms with E-state index < -0.39 is 29.4 Å². The third-order valence-corrected chi connectivity index (χ3v) is 5.84. The first kappa shape index (κ1) is 25.7. The smallest absolute Gasteiger partial charge is 0.416 e. The summed E-state index contributed by atoms with van der Waals surface area (Å²) in [6, 6.07) is 12.9. The van der Waals surface area contributed by atoms with Gasteiger partial charge in [0.15, 0.2) is 6.10 Å². The Labute approximate surface area is 208 Å². The lowest BCUT2D eigenvalue weighted by Crippen LogP contribution is -2.30. The Morgan fingerprint density at radius 3 is 2.50 bits per heavy atom. The third kappa shape index (κ3) is 5.38. The molecule has 0 fully saturated rings. The minimum atomic E-state index is -4.75. The Balaban J connectivity index is 2.11. The maximum Gasteiger partial charge on any atom is 0.416 e. The molecule has 1 aromatic heterocycles. The summed E-state index contributed by atoms with van der Waals surface area (Å²) in [5.41, 5.74) is 0.320. The number of hydrogen-bond donors (Lipinski definition) is 0. The van der Waals surface area contributed by atoms with Crippen LogP contribution in [-0.4, -0.2) is 30.3 Å². The monoisotopic (exact) mass is 499 g/mol. The van der Waals surface area contributed by atoms with Crippen LogP contribution in [0.5, 0.6) is 5.75 Å². The van der Waals surface area contributed by atoms with Crippen LogP contribution in [0, 0.1) is 0 Å². The van der Waals surface area contributed by atoms with Gasteiger partial charge in [-0.25, -0.2) is 4.79 Å². The van der Waals surface area contributed by atoms with Gasteiger partial charge >= 0.3 is 12.1 Å². The number of carbonyl (C=O) groups is 1. The molecule has 1 aliphatic rings. The number of aromatic nitrogens is 1. The molecule has 8 heteroatoms. The first-order chi connectivity index (χ1) is 17.0. The second-order valence-electron chi connectivity index (χ2n) is 9.57. The number of alkyl halides is 3. The summed E-state index contributed by atoms with van der Waals surface area (Å²) in [4.78, 5) is 17.4. The summed E-state index contributed by atoms with van der Waals surface area (Å²) in [6.07, 6.45) is -3.28. The maximum atomic E-state index is 14.5. The molecule has 1 aliphatic heterocycles. The lowest BCUT2D eigenvalue weighted by atomic mass is 9.85. The Kier molecular flexibility index (Phi) is 7.09. The first-order valence-corrected chi connectivity index (χ1v) is 11.7. The van der Waals surface area contributed by atoms with Gasteiger partial charge in [0.1, 0.15) is 5.75 Å². The number of hydrogen-bond acceptors (Lipinski definition) is 5.